The molecule has 2 N–H and O–H groups in total. The van der Waals surface area contributed by atoms with Crippen molar-refractivity contribution in [3.8, 4) is 5.75 Å². The van der Waals surface area contributed by atoms with Gasteiger partial charge in [-0.3, -0.25) is 4.79 Å². The van der Waals surface area contributed by atoms with Crippen LogP contribution in [0.1, 0.15) is 12.0 Å². The van der Waals surface area contributed by atoms with Crippen LogP contribution in [-0.4, -0.2) is 54.1 Å². The smallest absolute Gasteiger partial charge is 0.323 e. The third-order valence-corrected chi connectivity index (χ3v) is 5.26. The molecule has 146 valence electrons. The first-order chi connectivity index (χ1) is 13.6. The third-order valence-electron chi connectivity index (χ3n) is 5.26. The Kier molecular flexibility index (Phi) is 5.06. The number of imidazole rings is 1. The van der Waals surface area contributed by atoms with E-state index in [9.17, 15) is 9.59 Å². The van der Waals surface area contributed by atoms with Gasteiger partial charge in [-0.05, 0) is 42.3 Å². The van der Waals surface area contributed by atoms with Gasteiger partial charge in [0.2, 0.25) is 5.91 Å². The highest BCUT2D eigenvalue weighted by molar-refractivity contribution is 5.79. The van der Waals surface area contributed by atoms with Gasteiger partial charge < -0.3 is 24.5 Å². The van der Waals surface area contributed by atoms with Gasteiger partial charge in [0.1, 0.15) is 5.75 Å². The first kappa shape index (κ1) is 18.2. The molecule has 0 saturated carbocycles. The maximum atomic E-state index is 12.6. The number of carbonyl (C=O) groups is 1. The lowest BCUT2D eigenvalue weighted by Gasteiger charge is -2.36. The van der Waals surface area contributed by atoms with E-state index in [1.807, 2.05) is 47.4 Å². The fourth-order valence-electron chi connectivity index (χ4n) is 3.67. The second-order valence-electron chi connectivity index (χ2n) is 7.03. The maximum Gasteiger partial charge on any atom is 0.323 e. The topological polar surface area (TPSA) is 81.4 Å². The summed E-state index contributed by atoms with van der Waals surface area (Å²) in [6, 6.07) is 13.8. The van der Waals surface area contributed by atoms with Crippen molar-refractivity contribution in [2.45, 2.75) is 12.8 Å². The summed E-state index contributed by atoms with van der Waals surface area (Å²) in [6.45, 7) is 2.98. The van der Waals surface area contributed by atoms with Gasteiger partial charge in [-0.25, -0.2) is 4.79 Å². The minimum absolute atomic E-state index is 0.188. The fraction of sp³-hybridized carbons (Fsp3) is 0.333. The first-order valence-corrected chi connectivity index (χ1v) is 9.50. The van der Waals surface area contributed by atoms with Gasteiger partial charge in [-0.1, -0.05) is 12.1 Å². The van der Waals surface area contributed by atoms with E-state index in [1.165, 1.54) is 0 Å². The molecule has 1 aliphatic heterocycles. The van der Waals surface area contributed by atoms with E-state index in [0.717, 1.165) is 41.1 Å². The molecular formula is C21H24N4O3. The highest BCUT2D eigenvalue weighted by atomic mass is 16.5. The Morgan fingerprint density at radius 1 is 1.04 bits per heavy atom. The van der Waals surface area contributed by atoms with Gasteiger partial charge in [0.15, 0.2) is 0 Å². The number of nitrogens with zero attached hydrogens (tertiary/aromatic N) is 2. The number of hydrogen-bond acceptors (Lipinski definition) is 4. The Balaban J connectivity index is 1.32. The van der Waals surface area contributed by atoms with E-state index >= 15 is 0 Å². The van der Waals surface area contributed by atoms with Crippen LogP contribution in [0.25, 0.3) is 11.0 Å². The van der Waals surface area contributed by atoms with Crippen LogP contribution < -0.4 is 15.3 Å². The van der Waals surface area contributed by atoms with E-state index in [1.54, 1.807) is 7.11 Å². The molecule has 28 heavy (non-hydrogen) atoms. The summed E-state index contributed by atoms with van der Waals surface area (Å²) in [5.74, 6) is 1.01. The predicted octanol–water partition coefficient (Wildman–Crippen LogP) is 2.15. The lowest BCUT2D eigenvalue weighted by molar-refractivity contribution is -0.131. The zero-order valence-corrected chi connectivity index (χ0v) is 15.9. The van der Waals surface area contributed by atoms with Gasteiger partial charge in [0, 0.05) is 38.3 Å². The van der Waals surface area contributed by atoms with Gasteiger partial charge in [0.25, 0.3) is 0 Å². The minimum Gasteiger partial charge on any atom is -0.497 e. The molecule has 4 rings (SSSR count). The minimum atomic E-state index is -0.196. The van der Waals surface area contributed by atoms with E-state index in [-0.39, 0.29) is 11.6 Å². The molecule has 7 nitrogen and oxygen atoms in total. The summed E-state index contributed by atoms with van der Waals surface area (Å²) < 4.78 is 5.24. The van der Waals surface area contributed by atoms with E-state index in [4.69, 9.17) is 4.74 Å². The lowest BCUT2D eigenvalue weighted by atomic mass is 10.1. The molecule has 0 unspecified atom stereocenters. The predicted molar refractivity (Wildman–Crippen MR) is 109 cm³/mol. The van der Waals surface area contributed by atoms with Gasteiger partial charge in [-0.15, -0.1) is 0 Å². The summed E-state index contributed by atoms with van der Waals surface area (Å²) in [5.41, 5.74) is 3.59. The molecule has 7 heteroatoms. The first-order valence-electron chi connectivity index (χ1n) is 9.50. The second-order valence-corrected chi connectivity index (χ2v) is 7.03. The van der Waals surface area contributed by atoms with Crippen LogP contribution in [0.5, 0.6) is 5.75 Å². The van der Waals surface area contributed by atoms with Crippen molar-refractivity contribution in [1.82, 2.24) is 14.9 Å². The van der Waals surface area contributed by atoms with Crippen LogP contribution in [0.15, 0.2) is 47.3 Å². The summed E-state index contributed by atoms with van der Waals surface area (Å²) in [7, 11) is 1.65. The van der Waals surface area contributed by atoms with Gasteiger partial charge in [0.05, 0.1) is 18.1 Å². The summed E-state index contributed by atoms with van der Waals surface area (Å²) in [4.78, 5) is 33.7. The quantitative estimate of drug-likeness (QED) is 0.711. The number of aromatic amines is 2. The van der Waals surface area contributed by atoms with Crippen molar-refractivity contribution >= 4 is 22.6 Å². The molecule has 0 radical (unpaired) electrons. The summed E-state index contributed by atoms with van der Waals surface area (Å²) in [5, 5.41) is 0. The summed E-state index contributed by atoms with van der Waals surface area (Å²) >= 11 is 0. The Morgan fingerprint density at radius 3 is 2.61 bits per heavy atom. The number of aromatic nitrogens is 2. The molecule has 0 atom stereocenters. The normalized spacial score (nSPS) is 14.5. The van der Waals surface area contributed by atoms with Crippen molar-refractivity contribution in [2.75, 3.05) is 38.2 Å². The highest BCUT2D eigenvalue weighted by Gasteiger charge is 2.21. The number of benzene rings is 2. The molecule has 1 saturated heterocycles. The molecule has 0 aliphatic carbocycles. The average Bonchev–Trinajstić information content (AvgIpc) is 3.11. The Hall–Kier alpha value is -3.22. The molecule has 2 aromatic carbocycles. The van der Waals surface area contributed by atoms with Crippen LogP contribution in [0, 0.1) is 0 Å². The van der Waals surface area contributed by atoms with Crippen molar-refractivity contribution in [3.05, 3.63) is 58.5 Å². The van der Waals surface area contributed by atoms with Crippen molar-refractivity contribution in [2.24, 2.45) is 0 Å². The van der Waals surface area contributed by atoms with E-state index < -0.39 is 0 Å². The Morgan fingerprint density at radius 2 is 1.82 bits per heavy atom. The molecule has 2 heterocycles. The number of nitrogens with one attached hydrogen (secondary N) is 2. The lowest BCUT2D eigenvalue weighted by Crippen LogP contribution is -2.48. The molecule has 0 bridgehead atoms. The van der Waals surface area contributed by atoms with E-state index in [2.05, 4.69) is 14.9 Å². The van der Waals surface area contributed by atoms with Crippen molar-refractivity contribution in [3.63, 3.8) is 0 Å². The number of aryl methyl sites for hydroxylation is 1. The molecule has 3 aromatic rings. The molecule has 1 fully saturated rings. The SMILES string of the molecule is COc1cccc(CCC(=O)N2CCN(c3ccc4[nH]c(=O)[nH]c4c3)CC2)c1. The van der Waals surface area contributed by atoms with Crippen LogP contribution in [0.2, 0.25) is 0 Å². The molecule has 1 aliphatic rings. The van der Waals surface area contributed by atoms with Crippen LogP contribution in [-0.2, 0) is 11.2 Å². The van der Waals surface area contributed by atoms with Crippen LogP contribution in [0.4, 0.5) is 5.69 Å². The molecular weight excluding hydrogens is 356 g/mol. The van der Waals surface area contributed by atoms with Crippen molar-refractivity contribution < 1.29 is 9.53 Å². The van der Waals surface area contributed by atoms with Crippen molar-refractivity contribution in [1.29, 1.82) is 0 Å². The van der Waals surface area contributed by atoms with Crippen LogP contribution >= 0.6 is 0 Å². The Bertz CT molecular complexity index is 1030. The number of piperazine rings is 1. The number of fused-ring (bicyclic) bond motifs is 1. The number of amides is 1. The fourth-order valence-corrected chi connectivity index (χ4v) is 3.67. The van der Waals surface area contributed by atoms with Gasteiger partial charge >= 0.3 is 5.69 Å². The number of anilines is 1. The molecule has 0 spiro atoms. The highest BCUT2D eigenvalue weighted by Crippen LogP contribution is 2.21. The number of ether oxygens (including phenoxy) is 1. The zero-order valence-electron chi connectivity index (χ0n) is 15.9. The zero-order chi connectivity index (χ0) is 19.5. The molecule has 1 aromatic heterocycles. The molecule has 1 amide bonds. The Labute approximate surface area is 162 Å². The average molecular weight is 380 g/mol. The largest absolute Gasteiger partial charge is 0.497 e. The second kappa shape index (κ2) is 7.80. The number of rotatable bonds is 5. The standard InChI is InChI=1S/C21H24N4O3/c1-28-17-4-2-3-15(13-17)5-8-20(26)25-11-9-24(10-12-25)16-6-7-18-19(14-16)23-21(27)22-18/h2-4,6-7,13-14H,5,8-12H2,1H3,(H2,22,23,27). The maximum absolute atomic E-state index is 12.6. The number of methoxy groups -OCH3 is 1. The number of hydrogen-bond donors (Lipinski definition) is 2. The number of carbonyl (C=O) groups excluding carboxylic acids is 1. The summed E-state index contributed by atoms with van der Waals surface area (Å²) in [6.07, 6.45) is 1.22. The monoisotopic (exact) mass is 380 g/mol. The number of H-pyrrole nitrogens is 2. The van der Waals surface area contributed by atoms with Gasteiger partial charge in [-0.2, -0.15) is 0 Å². The third kappa shape index (κ3) is 3.88. The van der Waals surface area contributed by atoms with Crippen LogP contribution in [0.3, 0.4) is 0 Å². The van der Waals surface area contributed by atoms with E-state index in [0.29, 0.717) is 25.9 Å².